The Balaban J connectivity index is 2.35. The Morgan fingerprint density at radius 1 is 1.53 bits per heavy atom. The summed E-state index contributed by atoms with van der Waals surface area (Å²) in [6.07, 6.45) is 2.26. The Hall–Kier alpha value is -1.26. The van der Waals surface area contributed by atoms with Crippen molar-refractivity contribution in [1.29, 1.82) is 0 Å². The Morgan fingerprint density at radius 3 is 2.47 bits per heavy atom. The molecule has 0 aromatic rings. The SMILES string of the molecule is CC(C(=O)O)N(C)C(=O)NCC1(C)CC1. The van der Waals surface area contributed by atoms with Gasteiger partial charge in [-0.25, -0.2) is 9.59 Å². The van der Waals surface area contributed by atoms with Gasteiger partial charge in [-0.15, -0.1) is 0 Å². The molecule has 1 rings (SSSR count). The Morgan fingerprint density at radius 2 is 2.07 bits per heavy atom. The number of likely N-dealkylation sites (N-methyl/N-ethyl adjacent to an activating group) is 1. The van der Waals surface area contributed by atoms with Crippen LogP contribution in [-0.4, -0.2) is 41.6 Å². The zero-order chi connectivity index (χ0) is 11.6. The molecule has 15 heavy (non-hydrogen) atoms. The zero-order valence-electron chi connectivity index (χ0n) is 9.41. The van der Waals surface area contributed by atoms with Crippen molar-refractivity contribution >= 4 is 12.0 Å². The van der Waals surface area contributed by atoms with E-state index in [2.05, 4.69) is 12.2 Å². The summed E-state index contributed by atoms with van der Waals surface area (Å²) in [5.74, 6) is -0.995. The normalized spacial score (nSPS) is 19.1. The predicted octanol–water partition coefficient (Wildman–Crippen LogP) is 0.901. The molecular formula is C10H18N2O3. The number of rotatable bonds is 4. The van der Waals surface area contributed by atoms with Gasteiger partial charge in [0.15, 0.2) is 0 Å². The number of hydrogen-bond acceptors (Lipinski definition) is 2. The van der Waals surface area contributed by atoms with Crippen LogP contribution in [0.4, 0.5) is 4.79 Å². The summed E-state index contributed by atoms with van der Waals surface area (Å²) in [5.41, 5.74) is 0.239. The van der Waals surface area contributed by atoms with Crippen LogP contribution in [0.3, 0.4) is 0 Å². The van der Waals surface area contributed by atoms with E-state index >= 15 is 0 Å². The molecule has 0 aromatic heterocycles. The standard InChI is InChI=1S/C10H18N2O3/c1-7(8(13)14)12(3)9(15)11-6-10(2)4-5-10/h7H,4-6H2,1-3H3,(H,11,15)(H,13,14). The van der Waals surface area contributed by atoms with Crippen molar-refractivity contribution in [3.63, 3.8) is 0 Å². The number of hydrogen-bond donors (Lipinski definition) is 2. The van der Waals surface area contributed by atoms with Gasteiger partial charge in [0, 0.05) is 13.6 Å². The summed E-state index contributed by atoms with van der Waals surface area (Å²) in [7, 11) is 1.49. The van der Waals surface area contributed by atoms with Gasteiger partial charge in [0.05, 0.1) is 0 Å². The fraction of sp³-hybridized carbons (Fsp3) is 0.800. The summed E-state index contributed by atoms with van der Waals surface area (Å²) >= 11 is 0. The van der Waals surface area contributed by atoms with Crippen molar-refractivity contribution in [3.8, 4) is 0 Å². The van der Waals surface area contributed by atoms with Crippen LogP contribution in [0.25, 0.3) is 0 Å². The van der Waals surface area contributed by atoms with E-state index in [0.717, 1.165) is 12.8 Å². The highest BCUT2D eigenvalue weighted by atomic mass is 16.4. The topological polar surface area (TPSA) is 69.6 Å². The van der Waals surface area contributed by atoms with Gasteiger partial charge in [0.2, 0.25) is 0 Å². The average molecular weight is 214 g/mol. The molecule has 0 saturated heterocycles. The lowest BCUT2D eigenvalue weighted by Crippen LogP contribution is -2.46. The molecule has 0 heterocycles. The van der Waals surface area contributed by atoms with E-state index in [1.54, 1.807) is 0 Å². The largest absolute Gasteiger partial charge is 0.480 e. The van der Waals surface area contributed by atoms with E-state index in [1.807, 2.05) is 0 Å². The number of carbonyl (C=O) groups excluding carboxylic acids is 1. The van der Waals surface area contributed by atoms with E-state index in [9.17, 15) is 9.59 Å². The van der Waals surface area contributed by atoms with Crippen LogP contribution in [0.1, 0.15) is 26.7 Å². The minimum absolute atomic E-state index is 0.239. The maximum absolute atomic E-state index is 11.5. The number of nitrogens with zero attached hydrogens (tertiary/aromatic N) is 1. The first-order valence-electron chi connectivity index (χ1n) is 5.09. The number of carboxylic acids is 1. The highest BCUT2D eigenvalue weighted by Crippen LogP contribution is 2.44. The van der Waals surface area contributed by atoms with Gasteiger partial charge < -0.3 is 15.3 Å². The quantitative estimate of drug-likeness (QED) is 0.730. The molecule has 0 bridgehead atoms. The molecule has 5 heteroatoms. The van der Waals surface area contributed by atoms with Crippen LogP contribution < -0.4 is 5.32 Å². The number of carboxylic acid groups (broad SMARTS) is 1. The highest BCUT2D eigenvalue weighted by Gasteiger charge is 2.37. The Kier molecular flexibility index (Phi) is 3.21. The van der Waals surface area contributed by atoms with Gasteiger partial charge in [-0.2, -0.15) is 0 Å². The number of urea groups is 1. The molecule has 86 valence electrons. The molecule has 0 aromatic carbocycles. The van der Waals surface area contributed by atoms with E-state index in [4.69, 9.17) is 5.11 Å². The first-order chi connectivity index (χ1) is 6.86. The first kappa shape index (κ1) is 11.8. The van der Waals surface area contributed by atoms with E-state index < -0.39 is 12.0 Å². The zero-order valence-corrected chi connectivity index (χ0v) is 9.41. The maximum Gasteiger partial charge on any atom is 0.326 e. The van der Waals surface area contributed by atoms with Crippen LogP contribution in [0.15, 0.2) is 0 Å². The van der Waals surface area contributed by atoms with Crippen LogP contribution in [0.5, 0.6) is 0 Å². The molecule has 1 aliphatic rings. The molecule has 2 N–H and O–H groups in total. The highest BCUT2D eigenvalue weighted by molar-refractivity contribution is 5.82. The Bertz CT molecular complexity index is 274. The summed E-state index contributed by atoms with van der Waals surface area (Å²) in [6.45, 7) is 4.22. The molecule has 1 aliphatic carbocycles. The average Bonchev–Trinajstić information content (AvgIpc) is 2.91. The third kappa shape index (κ3) is 3.11. The Labute approximate surface area is 89.4 Å². The van der Waals surface area contributed by atoms with Gasteiger partial charge in [0.1, 0.15) is 6.04 Å². The van der Waals surface area contributed by atoms with Gasteiger partial charge in [0.25, 0.3) is 0 Å². The lowest BCUT2D eigenvalue weighted by molar-refractivity contribution is -0.141. The van der Waals surface area contributed by atoms with Crippen LogP contribution in [0, 0.1) is 5.41 Å². The van der Waals surface area contributed by atoms with Crippen LogP contribution >= 0.6 is 0 Å². The molecule has 0 spiro atoms. The lowest BCUT2D eigenvalue weighted by Gasteiger charge is -2.22. The summed E-state index contributed by atoms with van der Waals surface area (Å²) in [6, 6.07) is -1.12. The van der Waals surface area contributed by atoms with Crippen molar-refractivity contribution in [1.82, 2.24) is 10.2 Å². The minimum atomic E-state index is -0.995. The van der Waals surface area contributed by atoms with E-state index in [0.29, 0.717) is 6.54 Å². The molecule has 1 unspecified atom stereocenters. The molecule has 2 amide bonds. The third-order valence-corrected chi connectivity index (χ3v) is 3.03. The molecule has 0 aliphatic heterocycles. The number of carbonyl (C=O) groups is 2. The second kappa shape index (κ2) is 4.08. The van der Waals surface area contributed by atoms with Crippen LogP contribution in [0.2, 0.25) is 0 Å². The minimum Gasteiger partial charge on any atom is -0.480 e. The van der Waals surface area contributed by atoms with Gasteiger partial charge in [-0.05, 0) is 25.2 Å². The molecular weight excluding hydrogens is 196 g/mol. The van der Waals surface area contributed by atoms with Gasteiger partial charge in [-0.1, -0.05) is 6.92 Å². The fourth-order valence-electron chi connectivity index (χ4n) is 1.15. The van der Waals surface area contributed by atoms with Crippen molar-refractivity contribution in [2.75, 3.05) is 13.6 Å². The molecule has 1 atom stereocenters. The number of amides is 2. The summed E-state index contributed by atoms with van der Waals surface area (Å²) in [5, 5.41) is 11.5. The maximum atomic E-state index is 11.5. The second-order valence-electron chi connectivity index (χ2n) is 4.59. The fourth-order valence-corrected chi connectivity index (χ4v) is 1.15. The number of nitrogens with one attached hydrogen (secondary N) is 1. The van der Waals surface area contributed by atoms with Crippen LogP contribution in [-0.2, 0) is 4.79 Å². The van der Waals surface area contributed by atoms with Crippen molar-refractivity contribution in [2.24, 2.45) is 5.41 Å². The first-order valence-corrected chi connectivity index (χ1v) is 5.09. The van der Waals surface area contributed by atoms with Crippen molar-refractivity contribution < 1.29 is 14.7 Å². The monoisotopic (exact) mass is 214 g/mol. The van der Waals surface area contributed by atoms with Gasteiger partial charge >= 0.3 is 12.0 Å². The molecule has 1 saturated carbocycles. The third-order valence-electron chi connectivity index (χ3n) is 3.03. The van der Waals surface area contributed by atoms with Crippen molar-refractivity contribution in [2.45, 2.75) is 32.7 Å². The summed E-state index contributed by atoms with van der Waals surface area (Å²) < 4.78 is 0. The molecule has 1 fully saturated rings. The smallest absolute Gasteiger partial charge is 0.326 e. The lowest BCUT2D eigenvalue weighted by atomic mass is 10.1. The van der Waals surface area contributed by atoms with Crippen molar-refractivity contribution in [3.05, 3.63) is 0 Å². The second-order valence-corrected chi connectivity index (χ2v) is 4.59. The predicted molar refractivity (Wildman–Crippen MR) is 55.6 cm³/mol. The summed E-state index contributed by atoms with van der Waals surface area (Å²) in [4.78, 5) is 23.4. The molecule has 5 nitrogen and oxygen atoms in total. The van der Waals surface area contributed by atoms with E-state index in [1.165, 1.54) is 18.9 Å². The van der Waals surface area contributed by atoms with Gasteiger partial charge in [-0.3, -0.25) is 0 Å². The van der Waals surface area contributed by atoms with E-state index in [-0.39, 0.29) is 11.4 Å². The molecule has 0 radical (unpaired) electrons. The number of aliphatic carboxylic acids is 1.